The number of benzene rings is 2. The van der Waals surface area contributed by atoms with E-state index < -0.39 is 11.5 Å². The first-order valence-electron chi connectivity index (χ1n) is 16.9. The minimum atomic E-state index is -1.05. The molecule has 0 amide bonds. The Morgan fingerprint density at radius 2 is 1.93 bits per heavy atom. The summed E-state index contributed by atoms with van der Waals surface area (Å²) in [7, 11) is 1.68. The first-order valence-corrected chi connectivity index (χ1v) is 17.2. The van der Waals surface area contributed by atoms with Crippen LogP contribution >= 0.6 is 11.6 Å². The molecule has 0 radical (unpaired) electrons. The van der Waals surface area contributed by atoms with E-state index in [0.29, 0.717) is 55.4 Å². The molecule has 1 aromatic heterocycles. The van der Waals surface area contributed by atoms with Crippen molar-refractivity contribution < 1.29 is 24.1 Å². The quantitative estimate of drug-likeness (QED) is 0.192. The Balaban J connectivity index is 1.23. The zero-order valence-corrected chi connectivity index (χ0v) is 28.1. The van der Waals surface area contributed by atoms with E-state index in [9.17, 15) is 9.90 Å². The molecule has 3 aromatic rings. The Labute approximate surface area is 278 Å². The van der Waals surface area contributed by atoms with Gasteiger partial charge in [-0.25, -0.2) is 4.79 Å². The van der Waals surface area contributed by atoms with E-state index in [1.807, 2.05) is 24.4 Å². The smallest absolute Gasteiger partial charge is 0.329 e. The highest BCUT2D eigenvalue weighted by Crippen LogP contribution is 2.56. The van der Waals surface area contributed by atoms with Crippen molar-refractivity contribution >= 4 is 23.3 Å². The van der Waals surface area contributed by atoms with Gasteiger partial charge >= 0.3 is 5.97 Å². The molecule has 246 valence electrons. The second-order valence-corrected chi connectivity index (χ2v) is 14.3. The predicted octanol–water partition coefficient (Wildman–Crippen LogP) is 8.22. The summed E-state index contributed by atoms with van der Waals surface area (Å²) in [6.07, 6.45) is 9.83. The SMILES string of the molecule is COCCOc1ccc2c(c1)C1(CCC(Nc3cccc(Cl)c3)(C(=O)O)CC1)[C@@H](C[C@@H](C)COc1ccnc3c1[C@H](C)CCC3)C2. The number of aryl methyl sites for hydroxylation is 1. The number of hydrogen-bond donors (Lipinski definition) is 2. The number of aliphatic carboxylic acids is 1. The van der Waals surface area contributed by atoms with Gasteiger partial charge in [-0.1, -0.05) is 37.6 Å². The number of aromatic nitrogens is 1. The monoisotopic (exact) mass is 646 g/mol. The number of pyridine rings is 1. The fourth-order valence-corrected chi connectivity index (χ4v) is 8.60. The van der Waals surface area contributed by atoms with E-state index in [-0.39, 0.29) is 5.41 Å². The maximum absolute atomic E-state index is 12.9. The maximum Gasteiger partial charge on any atom is 0.329 e. The van der Waals surface area contributed by atoms with Crippen LogP contribution in [0.15, 0.2) is 54.7 Å². The fourth-order valence-electron chi connectivity index (χ4n) is 8.41. The van der Waals surface area contributed by atoms with E-state index in [0.717, 1.165) is 49.3 Å². The molecule has 1 saturated carbocycles. The molecule has 3 aliphatic carbocycles. The zero-order chi connectivity index (χ0) is 32.3. The number of halogens is 1. The third-order valence-corrected chi connectivity index (χ3v) is 11.1. The topological polar surface area (TPSA) is 89.9 Å². The van der Waals surface area contributed by atoms with E-state index in [4.69, 9.17) is 25.8 Å². The number of hydrogen-bond acceptors (Lipinski definition) is 6. The minimum absolute atomic E-state index is 0.135. The molecule has 2 N–H and O–H groups in total. The van der Waals surface area contributed by atoms with Gasteiger partial charge in [-0.05, 0) is 128 Å². The zero-order valence-electron chi connectivity index (χ0n) is 27.3. The van der Waals surface area contributed by atoms with E-state index in [1.54, 1.807) is 19.2 Å². The highest BCUT2D eigenvalue weighted by molar-refractivity contribution is 6.30. The summed E-state index contributed by atoms with van der Waals surface area (Å²) < 4.78 is 17.8. The molecule has 2 aromatic carbocycles. The standard InChI is InChI=1S/C38H47ClN2O5/c1-25(24-46-34-12-17-40-33-9-4-6-26(2)35(33)34)20-28-21-27-10-11-31(45-19-18-44-3)23-32(27)37(28)13-15-38(16-14-37,36(42)43)41-30-8-5-7-29(39)22-30/h5,7-8,10-12,17,22-23,25-26,28,41H,4,6,9,13-16,18-21,24H2,1-3H3,(H,42,43)/t25-,26-,28+,37?,38?/m1/s1. The largest absolute Gasteiger partial charge is 0.493 e. The summed E-state index contributed by atoms with van der Waals surface area (Å²) in [6.45, 7) is 6.23. The van der Waals surface area contributed by atoms with Gasteiger partial charge in [-0.2, -0.15) is 0 Å². The number of anilines is 1. The van der Waals surface area contributed by atoms with E-state index >= 15 is 0 Å². The first kappa shape index (κ1) is 32.6. The van der Waals surface area contributed by atoms with Crippen LogP contribution in [0.2, 0.25) is 5.02 Å². The van der Waals surface area contributed by atoms with Crippen LogP contribution in [0, 0.1) is 11.8 Å². The first-order chi connectivity index (χ1) is 22.2. The number of nitrogens with one attached hydrogen (secondary N) is 1. The highest BCUT2D eigenvalue weighted by atomic mass is 35.5. The van der Waals surface area contributed by atoms with Crippen LogP contribution in [0.25, 0.3) is 0 Å². The number of carbonyl (C=O) groups is 1. The molecule has 3 aliphatic rings. The summed E-state index contributed by atoms with van der Waals surface area (Å²) in [5.41, 5.74) is 4.69. The van der Waals surface area contributed by atoms with Gasteiger partial charge in [0.05, 0.1) is 13.2 Å². The lowest BCUT2D eigenvalue weighted by atomic mass is 9.59. The molecule has 3 atom stereocenters. The van der Waals surface area contributed by atoms with Gasteiger partial charge in [0.15, 0.2) is 0 Å². The van der Waals surface area contributed by atoms with Crippen LogP contribution in [-0.4, -0.2) is 48.5 Å². The maximum atomic E-state index is 12.9. The highest BCUT2D eigenvalue weighted by Gasteiger charge is 2.54. The molecule has 0 bridgehead atoms. The average Bonchev–Trinajstić information content (AvgIpc) is 3.32. The molecule has 7 nitrogen and oxygen atoms in total. The van der Waals surface area contributed by atoms with Crippen molar-refractivity contribution in [1.29, 1.82) is 0 Å². The van der Waals surface area contributed by atoms with Crippen molar-refractivity contribution in [2.24, 2.45) is 11.8 Å². The Kier molecular flexibility index (Phi) is 9.81. The van der Waals surface area contributed by atoms with Gasteiger partial charge < -0.3 is 24.6 Å². The molecule has 0 saturated heterocycles. The van der Waals surface area contributed by atoms with Gasteiger partial charge in [0.1, 0.15) is 23.6 Å². The number of fused-ring (bicyclic) bond motifs is 3. The molecule has 1 heterocycles. The molecule has 0 aliphatic heterocycles. The molecule has 1 fully saturated rings. The summed E-state index contributed by atoms with van der Waals surface area (Å²) in [5, 5.41) is 14.5. The third-order valence-electron chi connectivity index (χ3n) is 10.8. The summed E-state index contributed by atoms with van der Waals surface area (Å²) in [6, 6.07) is 15.9. The number of rotatable bonds is 12. The van der Waals surface area contributed by atoms with Gasteiger partial charge in [-0.3, -0.25) is 4.98 Å². The number of carboxylic acids is 1. The van der Waals surface area contributed by atoms with Crippen LogP contribution in [-0.2, 0) is 27.8 Å². The van der Waals surface area contributed by atoms with Gasteiger partial charge in [-0.15, -0.1) is 0 Å². The Morgan fingerprint density at radius 3 is 2.70 bits per heavy atom. The van der Waals surface area contributed by atoms with Crippen molar-refractivity contribution in [3.63, 3.8) is 0 Å². The lowest BCUT2D eigenvalue weighted by Crippen LogP contribution is -2.53. The van der Waals surface area contributed by atoms with Crippen molar-refractivity contribution in [1.82, 2.24) is 4.98 Å². The van der Waals surface area contributed by atoms with Gasteiger partial charge in [0.25, 0.3) is 0 Å². The summed E-state index contributed by atoms with van der Waals surface area (Å²) in [4.78, 5) is 17.5. The Hall–Kier alpha value is -3.29. The molecular weight excluding hydrogens is 600 g/mol. The number of ether oxygens (including phenoxy) is 3. The van der Waals surface area contributed by atoms with E-state index in [1.165, 1.54) is 35.2 Å². The van der Waals surface area contributed by atoms with Gasteiger partial charge in [0, 0.05) is 35.3 Å². The molecule has 8 heteroatoms. The van der Waals surface area contributed by atoms with E-state index in [2.05, 4.69) is 42.3 Å². The predicted molar refractivity (Wildman–Crippen MR) is 181 cm³/mol. The van der Waals surface area contributed by atoms with Crippen molar-refractivity contribution in [2.45, 2.75) is 88.5 Å². The van der Waals surface area contributed by atoms with Crippen LogP contribution in [0.1, 0.15) is 87.1 Å². The van der Waals surface area contributed by atoms with Crippen LogP contribution < -0.4 is 14.8 Å². The normalized spacial score (nSPS) is 25.8. The van der Waals surface area contributed by atoms with Crippen LogP contribution in [0.5, 0.6) is 11.5 Å². The van der Waals surface area contributed by atoms with Crippen LogP contribution in [0.3, 0.4) is 0 Å². The second-order valence-electron chi connectivity index (χ2n) is 13.9. The molecule has 1 spiro atoms. The van der Waals surface area contributed by atoms with Crippen molar-refractivity contribution in [3.05, 3.63) is 82.1 Å². The van der Waals surface area contributed by atoms with Crippen molar-refractivity contribution in [3.8, 4) is 11.5 Å². The van der Waals surface area contributed by atoms with Crippen LogP contribution in [0.4, 0.5) is 5.69 Å². The van der Waals surface area contributed by atoms with Crippen molar-refractivity contribution in [2.75, 3.05) is 32.2 Å². The Morgan fingerprint density at radius 1 is 1.11 bits per heavy atom. The molecule has 6 rings (SSSR count). The summed E-state index contributed by atoms with van der Waals surface area (Å²) in [5.74, 6) is 2.18. The minimum Gasteiger partial charge on any atom is -0.493 e. The lowest BCUT2D eigenvalue weighted by molar-refractivity contribution is -0.144. The number of methoxy groups -OCH3 is 1. The second kappa shape index (κ2) is 13.8. The number of carboxylic acid groups (broad SMARTS) is 1. The average molecular weight is 647 g/mol. The molecule has 0 unspecified atom stereocenters. The number of nitrogens with zero attached hydrogens (tertiary/aromatic N) is 1. The summed E-state index contributed by atoms with van der Waals surface area (Å²) >= 11 is 6.26. The van der Waals surface area contributed by atoms with Gasteiger partial charge in [0.2, 0.25) is 0 Å². The molecular formula is C38H47ClN2O5. The Bertz CT molecular complexity index is 1540. The lowest BCUT2D eigenvalue weighted by Gasteiger charge is -2.47. The molecule has 46 heavy (non-hydrogen) atoms. The fraction of sp³-hybridized carbons (Fsp3) is 0.526. The third kappa shape index (κ3) is 6.59.